The van der Waals surface area contributed by atoms with Gasteiger partial charge in [0.2, 0.25) is 5.91 Å². The van der Waals surface area contributed by atoms with Gasteiger partial charge in [-0.15, -0.1) is 0 Å². The van der Waals surface area contributed by atoms with Crippen molar-refractivity contribution in [1.29, 1.82) is 0 Å². The number of fused-ring (bicyclic) bond motifs is 2. The fourth-order valence-electron chi connectivity index (χ4n) is 4.75. The topological polar surface area (TPSA) is 93.0 Å². The summed E-state index contributed by atoms with van der Waals surface area (Å²) in [5.41, 5.74) is 0.267. The van der Waals surface area contributed by atoms with E-state index in [-0.39, 0.29) is 30.4 Å². The predicted molar refractivity (Wildman–Crippen MR) is 130 cm³/mol. The fourth-order valence-corrected chi connectivity index (χ4v) is 4.75. The van der Waals surface area contributed by atoms with Gasteiger partial charge >= 0.3 is 5.69 Å². The number of nitrogens with zero attached hydrogens (tertiary/aromatic N) is 4. The SMILES string of the molecule is CCCCn1c(=O)[nH]c(=O)c2c1nc(CCC(=O)N1CCCc3cc(F)cc(F)c31)n2CC(C)C. The molecule has 1 amide bonds. The minimum atomic E-state index is -0.744. The average molecular weight is 488 g/mol. The van der Waals surface area contributed by atoms with Crippen LogP contribution in [0.5, 0.6) is 0 Å². The molecule has 8 nitrogen and oxygen atoms in total. The number of H-pyrrole nitrogens is 1. The highest BCUT2D eigenvalue weighted by Crippen LogP contribution is 2.31. The molecule has 35 heavy (non-hydrogen) atoms. The standard InChI is InChI=1S/C25H31F2N5O3/c1-4-5-10-31-23-22(24(34)29-25(31)35)32(14-15(2)3)19(28-23)8-9-20(33)30-11-6-7-16-12-17(26)13-18(27)21(16)30/h12-13,15H,4-11,14H2,1-3H3,(H,29,34,35). The fraction of sp³-hybridized carbons (Fsp3) is 0.520. The number of carbonyl (C=O) groups excluding carboxylic acids is 1. The number of benzene rings is 1. The molecule has 1 aliphatic heterocycles. The Morgan fingerprint density at radius 1 is 1.20 bits per heavy atom. The monoisotopic (exact) mass is 487 g/mol. The van der Waals surface area contributed by atoms with Crippen molar-refractivity contribution in [3.05, 3.63) is 56.0 Å². The number of unbranched alkanes of at least 4 members (excludes halogenated alkanes) is 1. The van der Waals surface area contributed by atoms with Gasteiger partial charge in [0.1, 0.15) is 17.5 Å². The van der Waals surface area contributed by atoms with Crippen molar-refractivity contribution in [2.24, 2.45) is 5.92 Å². The molecule has 4 rings (SSSR count). The molecule has 0 saturated heterocycles. The van der Waals surface area contributed by atoms with Crippen LogP contribution in [-0.2, 0) is 30.7 Å². The van der Waals surface area contributed by atoms with Crippen LogP contribution in [0.25, 0.3) is 11.2 Å². The molecule has 1 aromatic carbocycles. The molecule has 0 radical (unpaired) electrons. The van der Waals surface area contributed by atoms with Gasteiger partial charge in [-0.05, 0) is 36.8 Å². The van der Waals surface area contributed by atoms with Crippen LogP contribution in [0.3, 0.4) is 0 Å². The van der Waals surface area contributed by atoms with Crippen molar-refractivity contribution >= 4 is 22.8 Å². The number of aryl methyl sites for hydroxylation is 3. The molecule has 1 N–H and O–H groups in total. The first-order valence-corrected chi connectivity index (χ1v) is 12.2. The van der Waals surface area contributed by atoms with Crippen LogP contribution in [0.2, 0.25) is 0 Å². The largest absolute Gasteiger partial charge is 0.330 e. The minimum Gasteiger partial charge on any atom is -0.322 e. The molecule has 0 atom stereocenters. The highest BCUT2D eigenvalue weighted by atomic mass is 19.1. The Hall–Kier alpha value is -3.30. The molecular weight excluding hydrogens is 456 g/mol. The van der Waals surface area contributed by atoms with Crippen LogP contribution in [0.4, 0.5) is 14.5 Å². The number of imidazole rings is 1. The lowest BCUT2D eigenvalue weighted by Gasteiger charge is -2.30. The number of amides is 1. The van der Waals surface area contributed by atoms with Crippen LogP contribution >= 0.6 is 0 Å². The number of anilines is 1. The van der Waals surface area contributed by atoms with E-state index in [4.69, 9.17) is 0 Å². The van der Waals surface area contributed by atoms with Gasteiger partial charge in [-0.25, -0.2) is 18.6 Å². The van der Waals surface area contributed by atoms with Gasteiger partial charge in [0.05, 0.1) is 5.69 Å². The molecular formula is C25H31F2N5O3. The highest BCUT2D eigenvalue weighted by Gasteiger charge is 2.27. The molecule has 0 spiro atoms. The summed E-state index contributed by atoms with van der Waals surface area (Å²) < 4.78 is 31.5. The van der Waals surface area contributed by atoms with Gasteiger partial charge in [-0.2, -0.15) is 0 Å². The number of hydrogen-bond donors (Lipinski definition) is 1. The third kappa shape index (κ3) is 4.92. The molecule has 0 unspecified atom stereocenters. The summed E-state index contributed by atoms with van der Waals surface area (Å²) in [4.78, 5) is 46.8. The lowest BCUT2D eigenvalue weighted by molar-refractivity contribution is -0.118. The van der Waals surface area contributed by atoms with Crippen molar-refractivity contribution in [1.82, 2.24) is 19.1 Å². The lowest BCUT2D eigenvalue weighted by atomic mass is 10.0. The Kier molecular flexibility index (Phi) is 7.18. The van der Waals surface area contributed by atoms with Crippen LogP contribution in [-0.4, -0.2) is 31.6 Å². The molecule has 10 heteroatoms. The maximum atomic E-state index is 14.6. The minimum absolute atomic E-state index is 0.0365. The Morgan fingerprint density at radius 2 is 1.97 bits per heavy atom. The number of nitrogens with one attached hydrogen (secondary N) is 1. The molecule has 0 fully saturated rings. The first-order valence-electron chi connectivity index (χ1n) is 12.2. The van der Waals surface area contributed by atoms with Crippen LogP contribution in [0, 0.1) is 17.6 Å². The van der Waals surface area contributed by atoms with Gasteiger partial charge < -0.3 is 9.47 Å². The van der Waals surface area contributed by atoms with E-state index in [2.05, 4.69) is 9.97 Å². The molecule has 3 heterocycles. The van der Waals surface area contributed by atoms with Gasteiger partial charge in [0.25, 0.3) is 5.56 Å². The number of hydrogen-bond acceptors (Lipinski definition) is 4. The maximum Gasteiger partial charge on any atom is 0.330 e. The van der Waals surface area contributed by atoms with E-state index in [0.717, 1.165) is 18.9 Å². The number of aromatic nitrogens is 4. The van der Waals surface area contributed by atoms with Gasteiger partial charge in [0.15, 0.2) is 11.2 Å². The second-order valence-corrected chi connectivity index (χ2v) is 9.51. The van der Waals surface area contributed by atoms with Crippen LogP contribution in [0.15, 0.2) is 21.7 Å². The quantitative estimate of drug-likeness (QED) is 0.526. The zero-order valence-corrected chi connectivity index (χ0v) is 20.4. The third-order valence-corrected chi connectivity index (χ3v) is 6.32. The third-order valence-electron chi connectivity index (χ3n) is 6.32. The second-order valence-electron chi connectivity index (χ2n) is 9.51. The Morgan fingerprint density at radius 3 is 2.69 bits per heavy atom. The maximum absolute atomic E-state index is 14.6. The summed E-state index contributed by atoms with van der Waals surface area (Å²) in [7, 11) is 0. The molecule has 0 saturated carbocycles. The highest BCUT2D eigenvalue weighted by molar-refractivity contribution is 5.94. The van der Waals surface area contributed by atoms with E-state index >= 15 is 0 Å². The molecule has 0 bridgehead atoms. The predicted octanol–water partition coefficient (Wildman–Crippen LogP) is 3.53. The van der Waals surface area contributed by atoms with E-state index in [1.54, 1.807) is 4.57 Å². The Labute approximate surface area is 201 Å². The Balaban J connectivity index is 1.68. The van der Waals surface area contributed by atoms with Gasteiger partial charge in [-0.3, -0.25) is 19.1 Å². The van der Waals surface area contributed by atoms with E-state index in [9.17, 15) is 23.2 Å². The summed E-state index contributed by atoms with van der Waals surface area (Å²) in [5.74, 6) is -0.976. The molecule has 1 aliphatic rings. The van der Waals surface area contributed by atoms with E-state index in [0.29, 0.717) is 55.0 Å². The van der Waals surface area contributed by atoms with Crippen molar-refractivity contribution in [2.75, 3.05) is 11.4 Å². The Bertz CT molecular complexity index is 1370. The van der Waals surface area contributed by atoms with Crippen LogP contribution < -0.4 is 16.1 Å². The van der Waals surface area contributed by atoms with Crippen molar-refractivity contribution in [3.8, 4) is 0 Å². The summed E-state index contributed by atoms with van der Waals surface area (Å²) >= 11 is 0. The smallest absolute Gasteiger partial charge is 0.322 e. The van der Waals surface area contributed by atoms with Crippen molar-refractivity contribution in [2.45, 2.75) is 72.4 Å². The summed E-state index contributed by atoms with van der Waals surface area (Å²) in [6.07, 6.45) is 3.01. The molecule has 2 aromatic heterocycles. The second kappa shape index (κ2) is 10.1. The molecule has 3 aromatic rings. The first kappa shape index (κ1) is 24.8. The summed E-state index contributed by atoms with van der Waals surface area (Å²) in [6, 6.07) is 2.08. The van der Waals surface area contributed by atoms with Gasteiger partial charge in [-0.1, -0.05) is 27.2 Å². The number of halogens is 2. The molecule has 0 aliphatic carbocycles. The normalized spacial score (nSPS) is 13.6. The average Bonchev–Trinajstić information content (AvgIpc) is 3.14. The lowest BCUT2D eigenvalue weighted by Crippen LogP contribution is -2.36. The van der Waals surface area contributed by atoms with E-state index in [1.165, 1.54) is 15.5 Å². The zero-order chi connectivity index (χ0) is 25.3. The summed E-state index contributed by atoms with van der Waals surface area (Å²) in [5, 5.41) is 0. The molecule has 188 valence electrons. The van der Waals surface area contributed by atoms with Crippen LogP contribution in [0.1, 0.15) is 57.8 Å². The first-order chi connectivity index (χ1) is 16.7. The number of carbonyl (C=O) groups is 1. The van der Waals surface area contributed by atoms with E-state index < -0.39 is 22.9 Å². The van der Waals surface area contributed by atoms with Gasteiger partial charge in [0, 0.05) is 38.5 Å². The van der Waals surface area contributed by atoms with E-state index in [1.807, 2.05) is 20.8 Å². The van der Waals surface area contributed by atoms with Crippen molar-refractivity contribution < 1.29 is 13.6 Å². The number of aromatic amines is 1. The zero-order valence-electron chi connectivity index (χ0n) is 20.4. The number of rotatable bonds is 8. The summed E-state index contributed by atoms with van der Waals surface area (Å²) in [6.45, 7) is 7.31. The van der Waals surface area contributed by atoms with Crippen molar-refractivity contribution in [3.63, 3.8) is 0 Å².